The fourth-order valence-corrected chi connectivity index (χ4v) is 2.04. The van der Waals surface area contributed by atoms with E-state index in [4.69, 9.17) is 16.3 Å². The van der Waals surface area contributed by atoms with Gasteiger partial charge in [0.25, 0.3) is 0 Å². The van der Waals surface area contributed by atoms with Crippen molar-refractivity contribution in [3.8, 4) is 5.75 Å². The van der Waals surface area contributed by atoms with Gasteiger partial charge in [0, 0.05) is 0 Å². The Labute approximate surface area is 133 Å². The summed E-state index contributed by atoms with van der Waals surface area (Å²) < 4.78 is 5.88. The first-order valence-electron chi connectivity index (χ1n) is 6.81. The number of nitrogens with zero attached hydrogens (tertiary/aromatic N) is 2. The number of rotatable bonds is 5. The lowest BCUT2D eigenvalue weighted by Crippen LogP contribution is -2.00. The summed E-state index contributed by atoms with van der Waals surface area (Å²) >= 11 is 5.74. The van der Waals surface area contributed by atoms with Gasteiger partial charge in [-0.15, -0.1) is 0 Å². The SMILES string of the molecule is Clc1cnc(Nc2ccccc2OCc2ccccc2)cn1. The minimum Gasteiger partial charge on any atom is -0.487 e. The highest BCUT2D eigenvalue weighted by Crippen LogP contribution is 2.27. The standard InChI is InChI=1S/C17H14ClN3O/c18-16-10-20-17(11-19-16)21-14-8-4-5-9-15(14)22-12-13-6-2-1-3-7-13/h1-11H,12H2,(H,20,21). The lowest BCUT2D eigenvalue weighted by atomic mass is 10.2. The summed E-state index contributed by atoms with van der Waals surface area (Å²) in [6.45, 7) is 0.506. The van der Waals surface area contributed by atoms with Gasteiger partial charge in [-0.05, 0) is 17.7 Å². The molecule has 0 aliphatic carbocycles. The van der Waals surface area contributed by atoms with Crippen LogP contribution in [0.1, 0.15) is 5.56 Å². The third-order valence-corrected chi connectivity index (χ3v) is 3.20. The molecule has 0 spiro atoms. The first-order valence-corrected chi connectivity index (χ1v) is 7.19. The molecule has 0 radical (unpaired) electrons. The Balaban J connectivity index is 1.73. The third-order valence-electron chi connectivity index (χ3n) is 3.01. The van der Waals surface area contributed by atoms with Gasteiger partial charge in [0.1, 0.15) is 23.3 Å². The molecule has 5 heteroatoms. The average molecular weight is 312 g/mol. The van der Waals surface area contributed by atoms with E-state index in [2.05, 4.69) is 15.3 Å². The molecule has 0 unspecified atom stereocenters. The highest BCUT2D eigenvalue weighted by Gasteiger charge is 2.05. The number of aromatic nitrogens is 2. The number of halogens is 1. The molecule has 0 bridgehead atoms. The van der Waals surface area contributed by atoms with E-state index in [0.717, 1.165) is 17.0 Å². The minimum atomic E-state index is 0.360. The highest BCUT2D eigenvalue weighted by atomic mass is 35.5. The Hall–Kier alpha value is -2.59. The Morgan fingerprint density at radius 2 is 1.68 bits per heavy atom. The average Bonchev–Trinajstić information content (AvgIpc) is 2.57. The van der Waals surface area contributed by atoms with Crippen molar-refractivity contribution >= 4 is 23.1 Å². The minimum absolute atomic E-state index is 0.360. The maximum absolute atomic E-state index is 5.88. The summed E-state index contributed by atoms with van der Waals surface area (Å²) in [6.07, 6.45) is 3.08. The van der Waals surface area contributed by atoms with Crippen LogP contribution < -0.4 is 10.1 Å². The number of ether oxygens (including phenoxy) is 1. The zero-order valence-corrected chi connectivity index (χ0v) is 12.5. The summed E-state index contributed by atoms with van der Waals surface area (Å²) in [4.78, 5) is 8.17. The largest absolute Gasteiger partial charge is 0.487 e. The number of benzene rings is 2. The van der Waals surface area contributed by atoms with Crippen LogP contribution in [0.4, 0.5) is 11.5 Å². The van der Waals surface area contributed by atoms with E-state index in [-0.39, 0.29) is 0 Å². The molecule has 0 saturated heterocycles. The van der Waals surface area contributed by atoms with Crippen molar-refractivity contribution < 1.29 is 4.74 Å². The molecule has 3 aromatic rings. The molecule has 0 aliphatic rings. The van der Waals surface area contributed by atoms with Crippen LogP contribution >= 0.6 is 11.6 Å². The zero-order chi connectivity index (χ0) is 15.2. The number of anilines is 2. The fourth-order valence-electron chi connectivity index (χ4n) is 1.95. The molecule has 0 aliphatic heterocycles. The lowest BCUT2D eigenvalue weighted by Gasteiger charge is -2.12. The van der Waals surface area contributed by atoms with Gasteiger partial charge in [0.05, 0.1) is 18.1 Å². The van der Waals surface area contributed by atoms with E-state index in [1.165, 1.54) is 6.20 Å². The molecule has 1 heterocycles. The summed E-state index contributed by atoms with van der Waals surface area (Å²) in [5, 5.41) is 3.54. The topological polar surface area (TPSA) is 47.0 Å². The molecule has 0 atom stereocenters. The predicted molar refractivity (Wildman–Crippen MR) is 87.5 cm³/mol. The van der Waals surface area contributed by atoms with Crippen molar-refractivity contribution in [3.63, 3.8) is 0 Å². The van der Waals surface area contributed by atoms with Crippen LogP contribution in [-0.4, -0.2) is 9.97 Å². The van der Waals surface area contributed by atoms with Crippen LogP contribution in [0.2, 0.25) is 5.15 Å². The van der Waals surface area contributed by atoms with Gasteiger partial charge in [0.15, 0.2) is 0 Å². The van der Waals surface area contributed by atoms with Crippen molar-refractivity contribution in [2.75, 3.05) is 5.32 Å². The number of nitrogens with one attached hydrogen (secondary N) is 1. The number of hydrogen-bond donors (Lipinski definition) is 1. The van der Waals surface area contributed by atoms with Crippen molar-refractivity contribution in [3.05, 3.63) is 77.7 Å². The quantitative estimate of drug-likeness (QED) is 0.756. The number of hydrogen-bond acceptors (Lipinski definition) is 4. The van der Waals surface area contributed by atoms with Gasteiger partial charge < -0.3 is 10.1 Å². The van der Waals surface area contributed by atoms with Crippen molar-refractivity contribution in [1.82, 2.24) is 9.97 Å². The van der Waals surface area contributed by atoms with Gasteiger partial charge in [-0.3, -0.25) is 0 Å². The molecule has 1 aromatic heterocycles. The Kier molecular flexibility index (Phi) is 4.51. The summed E-state index contributed by atoms with van der Waals surface area (Å²) in [7, 11) is 0. The van der Waals surface area contributed by atoms with Crippen LogP contribution in [0.15, 0.2) is 67.0 Å². The second-order valence-electron chi connectivity index (χ2n) is 4.62. The monoisotopic (exact) mass is 311 g/mol. The van der Waals surface area contributed by atoms with E-state index in [1.807, 2.05) is 54.6 Å². The maximum atomic E-state index is 5.88. The Morgan fingerprint density at radius 3 is 2.45 bits per heavy atom. The Morgan fingerprint density at radius 1 is 0.909 bits per heavy atom. The predicted octanol–water partition coefficient (Wildman–Crippen LogP) is 4.45. The van der Waals surface area contributed by atoms with E-state index in [0.29, 0.717) is 17.6 Å². The third kappa shape index (κ3) is 3.74. The first-order chi connectivity index (χ1) is 10.8. The molecule has 110 valence electrons. The highest BCUT2D eigenvalue weighted by molar-refractivity contribution is 6.29. The second kappa shape index (κ2) is 6.91. The molecule has 4 nitrogen and oxygen atoms in total. The maximum Gasteiger partial charge on any atom is 0.149 e. The molecule has 22 heavy (non-hydrogen) atoms. The lowest BCUT2D eigenvalue weighted by molar-refractivity contribution is 0.308. The van der Waals surface area contributed by atoms with E-state index in [1.54, 1.807) is 6.20 Å². The summed E-state index contributed by atoms with van der Waals surface area (Å²) in [6, 6.07) is 17.7. The van der Waals surface area contributed by atoms with E-state index in [9.17, 15) is 0 Å². The Bertz CT molecular complexity index is 732. The molecule has 0 saturated carbocycles. The first kappa shape index (κ1) is 14.4. The van der Waals surface area contributed by atoms with Crippen molar-refractivity contribution in [1.29, 1.82) is 0 Å². The summed E-state index contributed by atoms with van der Waals surface area (Å²) in [5.74, 6) is 1.36. The summed E-state index contributed by atoms with van der Waals surface area (Å²) in [5.41, 5.74) is 1.94. The van der Waals surface area contributed by atoms with Crippen LogP contribution in [0.25, 0.3) is 0 Å². The van der Waals surface area contributed by atoms with E-state index < -0.39 is 0 Å². The molecular formula is C17H14ClN3O. The molecule has 1 N–H and O–H groups in total. The van der Waals surface area contributed by atoms with Gasteiger partial charge >= 0.3 is 0 Å². The zero-order valence-electron chi connectivity index (χ0n) is 11.7. The van der Waals surface area contributed by atoms with Gasteiger partial charge in [-0.1, -0.05) is 54.1 Å². The van der Waals surface area contributed by atoms with Crippen LogP contribution in [0.3, 0.4) is 0 Å². The van der Waals surface area contributed by atoms with Gasteiger partial charge in [0.2, 0.25) is 0 Å². The normalized spacial score (nSPS) is 10.2. The van der Waals surface area contributed by atoms with Crippen molar-refractivity contribution in [2.45, 2.75) is 6.61 Å². The van der Waals surface area contributed by atoms with E-state index >= 15 is 0 Å². The molecular weight excluding hydrogens is 298 g/mol. The van der Waals surface area contributed by atoms with Crippen LogP contribution in [-0.2, 0) is 6.61 Å². The smallest absolute Gasteiger partial charge is 0.149 e. The second-order valence-corrected chi connectivity index (χ2v) is 5.01. The van der Waals surface area contributed by atoms with Gasteiger partial charge in [-0.25, -0.2) is 9.97 Å². The van der Waals surface area contributed by atoms with Crippen molar-refractivity contribution in [2.24, 2.45) is 0 Å². The molecule has 3 rings (SSSR count). The number of para-hydroxylation sites is 2. The molecule has 0 amide bonds. The molecule has 0 fully saturated rings. The van der Waals surface area contributed by atoms with Crippen LogP contribution in [0.5, 0.6) is 5.75 Å². The van der Waals surface area contributed by atoms with Gasteiger partial charge in [-0.2, -0.15) is 0 Å². The molecule has 2 aromatic carbocycles. The fraction of sp³-hybridized carbons (Fsp3) is 0.0588. The van der Waals surface area contributed by atoms with Crippen LogP contribution in [0, 0.1) is 0 Å².